The first-order chi connectivity index (χ1) is 8.75. The molecule has 18 heavy (non-hydrogen) atoms. The molecule has 3 N–H and O–H groups in total. The van der Waals surface area contributed by atoms with Gasteiger partial charge in [0.2, 0.25) is 5.91 Å². The van der Waals surface area contributed by atoms with E-state index in [0.29, 0.717) is 6.54 Å². The number of carbonyl (C=O) groups excluding carboxylic acids is 1. The lowest BCUT2D eigenvalue weighted by molar-refractivity contribution is -0.117. The normalized spacial score (nSPS) is 10.0. The SMILES string of the molecule is NC(=O)Cc1ccccc1NCc1cccnc1. The van der Waals surface area contributed by atoms with Crippen LogP contribution >= 0.6 is 0 Å². The lowest BCUT2D eigenvalue weighted by Gasteiger charge is -2.10. The van der Waals surface area contributed by atoms with Crippen molar-refractivity contribution < 1.29 is 4.79 Å². The Morgan fingerprint density at radius 1 is 1.22 bits per heavy atom. The molecule has 0 saturated heterocycles. The van der Waals surface area contributed by atoms with Gasteiger partial charge in [-0.15, -0.1) is 0 Å². The zero-order valence-electron chi connectivity index (χ0n) is 9.97. The highest BCUT2D eigenvalue weighted by Crippen LogP contribution is 2.16. The van der Waals surface area contributed by atoms with Gasteiger partial charge in [-0.05, 0) is 23.3 Å². The van der Waals surface area contributed by atoms with E-state index in [1.165, 1.54) is 0 Å². The molecular weight excluding hydrogens is 226 g/mol. The molecule has 2 rings (SSSR count). The van der Waals surface area contributed by atoms with E-state index in [2.05, 4.69) is 10.3 Å². The van der Waals surface area contributed by atoms with E-state index in [-0.39, 0.29) is 12.3 Å². The van der Waals surface area contributed by atoms with Gasteiger partial charge in [-0.25, -0.2) is 0 Å². The maximum Gasteiger partial charge on any atom is 0.221 e. The molecule has 0 aliphatic rings. The summed E-state index contributed by atoms with van der Waals surface area (Å²) in [4.78, 5) is 15.0. The largest absolute Gasteiger partial charge is 0.381 e. The zero-order valence-corrected chi connectivity index (χ0v) is 9.97. The predicted octanol–water partition coefficient (Wildman–Crippen LogP) is 1.72. The van der Waals surface area contributed by atoms with Crippen molar-refractivity contribution in [3.8, 4) is 0 Å². The number of nitrogens with two attached hydrogens (primary N) is 1. The van der Waals surface area contributed by atoms with Crippen molar-refractivity contribution in [3.63, 3.8) is 0 Å². The maximum absolute atomic E-state index is 11.0. The number of primary amides is 1. The summed E-state index contributed by atoms with van der Waals surface area (Å²) in [6.45, 7) is 0.670. The Bertz CT molecular complexity index is 526. The molecule has 0 radical (unpaired) electrons. The van der Waals surface area contributed by atoms with Crippen LogP contribution < -0.4 is 11.1 Å². The van der Waals surface area contributed by atoms with Gasteiger partial charge in [-0.1, -0.05) is 24.3 Å². The summed E-state index contributed by atoms with van der Waals surface area (Å²) in [5, 5.41) is 3.29. The summed E-state index contributed by atoms with van der Waals surface area (Å²) < 4.78 is 0. The van der Waals surface area contributed by atoms with Gasteiger partial charge < -0.3 is 11.1 Å². The van der Waals surface area contributed by atoms with Crippen LogP contribution in [0.2, 0.25) is 0 Å². The molecule has 0 atom stereocenters. The van der Waals surface area contributed by atoms with E-state index in [9.17, 15) is 4.79 Å². The summed E-state index contributed by atoms with van der Waals surface area (Å²) in [7, 11) is 0. The van der Waals surface area contributed by atoms with Crippen LogP contribution in [0, 0.1) is 0 Å². The number of hydrogen-bond acceptors (Lipinski definition) is 3. The molecule has 1 amide bonds. The Hall–Kier alpha value is -2.36. The van der Waals surface area contributed by atoms with Crippen LogP contribution in [0.1, 0.15) is 11.1 Å². The Balaban J connectivity index is 2.07. The number of anilines is 1. The lowest BCUT2D eigenvalue weighted by Crippen LogP contribution is -2.15. The summed E-state index contributed by atoms with van der Waals surface area (Å²) in [5.74, 6) is -0.328. The smallest absolute Gasteiger partial charge is 0.221 e. The summed E-state index contributed by atoms with van der Waals surface area (Å²) in [5.41, 5.74) is 8.15. The molecule has 0 aliphatic heterocycles. The molecule has 92 valence electrons. The fourth-order valence-electron chi connectivity index (χ4n) is 1.73. The Kier molecular flexibility index (Phi) is 3.91. The van der Waals surface area contributed by atoms with Crippen LogP contribution in [-0.4, -0.2) is 10.9 Å². The van der Waals surface area contributed by atoms with E-state index in [0.717, 1.165) is 16.8 Å². The highest BCUT2D eigenvalue weighted by molar-refractivity contribution is 5.78. The number of aromatic nitrogens is 1. The predicted molar refractivity (Wildman–Crippen MR) is 70.9 cm³/mol. The zero-order chi connectivity index (χ0) is 12.8. The van der Waals surface area contributed by atoms with E-state index in [1.54, 1.807) is 6.20 Å². The molecule has 4 nitrogen and oxygen atoms in total. The summed E-state index contributed by atoms with van der Waals surface area (Å²) in [6, 6.07) is 11.6. The third-order valence-electron chi connectivity index (χ3n) is 2.59. The third kappa shape index (κ3) is 3.31. The van der Waals surface area contributed by atoms with Crippen LogP contribution in [0.4, 0.5) is 5.69 Å². The van der Waals surface area contributed by atoms with E-state index < -0.39 is 0 Å². The summed E-state index contributed by atoms with van der Waals surface area (Å²) >= 11 is 0. The van der Waals surface area contributed by atoms with Crippen molar-refractivity contribution in [1.82, 2.24) is 4.98 Å². The van der Waals surface area contributed by atoms with Crippen molar-refractivity contribution in [3.05, 3.63) is 59.9 Å². The Morgan fingerprint density at radius 3 is 2.78 bits per heavy atom. The second-order valence-electron chi connectivity index (χ2n) is 4.02. The number of hydrogen-bond donors (Lipinski definition) is 2. The number of carbonyl (C=O) groups is 1. The highest BCUT2D eigenvalue weighted by atomic mass is 16.1. The molecule has 0 saturated carbocycles. The molecule has 4 heteroatoms. The fourth-order valence-corrected chi connectivity index (χ4v) is 1.73. The number of amides is 1. The number of nitrogens with one attached hydrogen (secondary N) is 1. The molecule has 1 heterocycles. The number of nitrogens with zero attached hydrogens (tertiary/aromatic N) is 1. The van der Waals surface area contributed by atoms with Gasteiger partial charge in [0.05, 0.1) is 6.42 Å². The number of rotatable bonds is 5. The second-order valence-corrected chi connectivity index (χ2v) is 4.02. The van der Waals surface area contributed by atoms with Gasteiger partial charge >= 0.3 is 0 Å². The van der Waals surface area contributed by atoms with Crippen LogP contribution in [0.15, 0.2) is 48.8 Å². The molecule has 0 spiro atoms. The van der Waals surface area contributed by atoms with Gasteiger partial charge in [0.15, 0.2) is 0 Å². The molecule has 0 fully saturated rings. The van der Waals surface area contributed by atoms with Crippen LogP contribution in [-0.2, 0) is 17.8 Å². The summed E-state index contributed by atoms with van der Waals surface area (Å²) in [6.07, 6.45) is 3.80. The van der Waals surface area contributed by atoms with Crippen molar-refractivity contribution in [2.75, 3.05) is 5.32 Å². The minimum atomic E-state index is -0.328. The van der Waals surface area contributed by atoms with Crippen LogP contribution in [0.3, 0.4) is 0 Å². The first kappa shape index (κ1) is 12.1. The minimum Gasteiger partial charge on any atom is -0.381 e. The fraction of sp³-hybridized carbons (Fsp3) is 0.143. The topological polar surface area (TPSA) is 68.0 Å². The highest BCUT2D eigenvalue weighted by Gasteiger charge is 2.04. The van der Waals surface area contributed by atoms with Crippen LogP contribution in [0.5, 0.6) is 0 Å². The van der Waals surface area contributed by atoms with Crippen molar-refractivity contribution in [1.29, 1.82) is 0 Å². The quantitative estimate of drug-likeness (QED) is 0.837. The molecule has 0 aliphatic carbocycles. The van der Waals surface area contributed by atoms with Crippen LogP contribution in [0.25, 0.3) is 0 Å². The van der Waals surface area contributed by atoms with Gasteiger partial charge in [0.25, 0.3) is 0 Å². The molecule has 0 unspecified atom stereocenters. The number of benzene rings is 1. The molecular formula is C14H15N3O. The number of pyridine rings is 1. The maximum atomic E-state index is 11.0. The minimum absolute atomic E-state index is 0.246. The third-order valence-corrected chi connectivity index (χ3v) is 2.59. The average molecular weight is 241 g/mol. The number of para-hydroxylation sites is 1. The first-order valence-corrected chi connectivity index (χ1v) is 5.74. The van der Waals surface area contributed by atoms with E-state index >= 15 is 0 Å². The molecule has 1 aromatic carbocycles. The molecule has 0 bridgehead atoms. The van der Waals surface area contributed by atoms with E-state index in [1.807, 2.05) is 42.6 Å². The van der Waals surface area contributed by atoms with Crippen molar-refractivity contribution >= 4 is 11.6 Å². The second kappa shape index (κ2) is 5.82. The van der Waals surface area contributed by atoms with Gasteiger partial charge in [-0.2, -0.15) is 0 Å². The van der Waals surface area contributed by atoms with Gasteiger partial charge in [0, 0.05) is 24.6 Å². The van der Waals surface area contributed by atoms with Gasteiger partial charge in [0.1, 0.15) is 0 Å². The van der Waals surface area contributed by atoms with E-state index in [4.69, 9.17) is 5.73 Å². The lowest BCUT2D eigenvalue weighted by atomic mass is 10.1. The first-order valence-electron chi connectivity index (χ1n) is 5.74. The molecule has 1 aromatic heterocycles. The average Bonchev–Trinajstić information content (AvgIpc) is 2.38. The Labute approximate surface area is 106 Å². The Morgan fingerprint density at radius 2 is 2.06 bits per heavy atom. The van der Waals surface area contributed by atoms with Crippen molar-refractivity contribution in [2.24, 2.45) is 5.73 Å². The van der Waals surface area contributed by atoms with Gasteiger partial charge in [-0.3, -0.25) is 9.78 Å². The standard InChI is InChI=1S/C14H15N3O/c15-14(18)8-12-5-1-2-6-13(12)17-10-11-4-3-7-16-9-11/h1-7,9,17H,8,10H2,(H2,15,18). The van der Waals surface area contributed by atoms with Crippen molar-refractivity contribution in [2.45, 2.75) is 13.0 Å². The molecule has 2 aromatic rings. The monoisotopic (exact) mass is 241 g/mol.